The molecule has 0 spiro atoms. The lowest BCUT2D eigenvalue weighted by Crippen LogP contribution is -2.37. The Morgan fingerprint density at radius 3 is 2.46 bits per heavy atom. The Bertz CT molecular complexity index is 695. The molecule has 1 amide bonds. The summed E-state index contributed by atoms with van der Waals surface area (Å²) in [4.78, 5) is 25.6. The highest BCUT2D eigenvalue weighted by atomic mass is 16.5. The zero-order valence-electron chi connectivity index (χ0n) is 13.8. The van der Waals surface area contributed by atoms with Crippen molar-refractivity contribution in [1.29, 1.82) is 0 Å². The van der Waals surface area contributed by atoms with Crippen LogP contribution < -0.4 is 14.4 Å². The van der Waals surface area contributed by atoms with E-state index in [1.807, 2.05) is 0 Å². The fourth-order valence-electron chi connectivity index (χ4n) is 2.13. The smallest absolute Gasteiger partial charge is 0.397 e. The van der Waals surface area contributed by atoms with E-state index in [0.29, 0.717) is 22.9 Å². The van der Waals surface area contributed by atoms with Gasteiger partial charge in [-0.1, -0.05) is 0 Å². The predicted octanol–water partition coefficient (Wildman–Crippen LogP) is 2.39. The van der Waals surface area contributed by atoms with Crippen LogP contribution in [0.15, 0.2) is 41.0 Å². The van der Waals surface area contributed by atoms with Crippen molar-refractivity contribution in [2.24, 2.45) is 0 Å². The summed E-state index contributed by atoms with van der Waals surface area (Å²) in [6, 6.07) is 8.34. The van der Waals surface area contributed by atoms with Crippen LogP contribution in [0.1, 0.15) is 12.7 Å². The fourth-order valence-corrected chi connectivity index (χ4v) is 2.13. The summed E-state index contributed by atoms with van der Waals surface area (Å²) in [5.41, 5.74) is 0.460. The number of esters is 1. The van der Waals surface area contributed by atoms with E-state index in [4.69, 9.17) is 18.6 Å². The van der Waals surface area contributed by atoms with Gasteiger partial charge in [-0.15, -0.1) is 0 Å². The van der Waals surface area contributed by atoms with Gasteiger partial charge in [-0.25, -0.2) is 4.79 Å². The molecule has 0 saturated carbocycles. The van der Waals surface area contributed by atoms with Crippen LogP contribution in [0.3, 0.4) is 0 Å². The van der Waals surface area contributed by atoms with Crippen molar-refractivity contribution in [2.45, 2.75) is 13.5 Å². The lowest BCUT2D eigenvalue weighted by molar-refractivity contribution is -0.153. The second kappa shape index (κ2) is 8.05. The van der Waals surface area contributed by atoms with Gasteiger partial charge in [0.25, 0.3) is 0 Å². The van der Waals surface area contributed by atoms with E-state index in [1.54, 1.807) is 37.3 Å². The van der Waals surface area contributed by atoms with Gasteiger partial charge >= 0.3 is 11.9 Å². The maximum atomic E-state index is 12.5. The number of benzene rings is 1. The molecule has 0 atom stereocenters. The Hall–Kier alpha value is -2.96. The Balaban J connectivity index is 2.37. The lowest BCUT2D eigenvalue weighted by atomic mass is 10.2. The Morgan fingerprint density at radius 2 is 1.88 bits per heavy atom. The van der Waals surface area contributed by atoms with E-state index in [9.17, 15) is 9.59 Å². The zero-order valence-corrected chi connectivity index (χ0v) is 13.8. The summed E-state index contributed by atoms with van der Waals surface area (Å²) < 4.78 is 20.5. The first-order valence-corrected chi connectivity index (χ1v) is 7.33. The Kier molecular flexibility index (Phi) is 5.83. The Labute approximate surface area is 139 Å². The second-order valence-corrected chi connectivity index (χ2v) is 4.73. The SMILES string of the molecule is CCOC(=O)C(=O)N(Cc1ccco1)c1ccc(OC)c(OC)c1. The molecule has 0 aliphatic rings. The first-order valence-electron chi connectivity index (χ1n) is 7.33. The van der Waals surface area contributed by atoms with Gasteiger partial charge in [0.05, 0.1) is 33.6 Å². The number of hydrogen-bond donors (Lipinski definition) is 0. The van der Waals surface area contributed by atoms with Crippen LogP contribution in [0.2, 0.25) is 0 Å². The number of anilines is 1. The number of carbonyl (C=O) groups is 2. The molecule has 24 heavy (non-hydrogen) atoms. The minimum atomic E-state index is -0.932. The largest absolute Gasteiger partial charge is 0.493 e. The molecule has 0 radical (unpaired) electrons. The number of rotatable bonds is 6. The topological polar surface area (TPSA) is 78.2 Å². The number of amides is 1. The van der Waals surface area contributed by atoms with E-state index in [-0.39, 0.29) is 13.2 Å². The van der Waals surface area contributed by atoms with Crippen LogP contribution in [0.25, 0.3) is 0 Å². The van der Waals surface area contributed by atoms with Gasteiger partial charge in [0.15, 0.2) is 11.5 Å². The first-order chi connectivity index (χ1) is 11.6. The van der Waals surface area contributed by atoms with Gasteiger partial charge in [0.1, 0.15) is 5.76 Å². The summed E-state index contributed by atoms with van der Waals surface area (Å²) in [7, 11) is 3.01. The summed E-state index contributed by atoms with van der Waals surface area (Å²) in [5, 5.41) is 0. The minimum Gasteiger partial charge on any atom is -0.493 e. The molecule has 0 fully saturated rings. The molecule has 1 aromatic heterocycles. The number of nitrogens with zero attached hydrogens (tertiary/aromatic N) is 1. The highest BCUT2D eigenvalue weighted by Crippen LogP contribution is 2.32. The number of furan rings is 1. The molecule has 2 aromatic rings. The number of hydrogen-bond acceptors (Lipinski definition) is 6. The summed E-state index contributed by atoms with van der Waals surface area (Å²) in [6.45, 7) is 1.84. The average molecular weight is 333 g/mol. The van der Waals surface area contributed by atoms with E-state index in [1.165, 1.54) is 25.4 Å². The highest BCUT2D eigenvalue weighted by Gasteiger charge is 2.26. The zero-order chi connectivity index (χ0) is 17.5. The van der Waals surface area contributed by atoms with E-state index >= 15 is 0 Å². The molecular formula is C17H19NO6. The van der Waals surface area contributed by atoms with Crippen LogP contribution in [-0.2, 0) is 20.9 Å². The first kappa shape index (κ1) is 17.4. The molecule has 1 aromatic carbocycles. The monoisotopic (exact) mass is 333 g/mol. The fraction of sp³-hybridized carbons (Fsp3) is 0.294. The standard InChI is InChI=1S/C17H19NO6/c1-4-23-17(20)16(19)18(11-13-6-5-9-24-13)12-7-8-14(21-2)15(10-12)22-3/h5-10H,4,11H2,1-3H3. The molecule has 0 bridgehead atoms. The Morgan fingerprint density at radius 1 is 1.12 bits per heavy atom. The molecule has 7 heteroatoms. The molecule has 0 aliphatic carbocycles. The second-order valence-electron chi connectivity index (χ2n) is 4.73. The normalized spacial score (nSPS) is 10.1. The third-order valence-electron chi connectivity index (χ3n) is 3.27. The van der Waals surface area contributed by atoms with Gasteiger partial charge in [-0.05, 0) is 31.2 Å². The van der Waals surface area contributed by atoms with E-state index in [0.717, 1.165) is 0 Å². The average Bonchev–Trinajstić information content (AvgIpc) is 3.12. The van der Waals surface area contributed by atoms with Gasteiger partial charge in [0, 0.05) is 11.8 Å². The third kappa shape index (κ3) is 3.87. The van der Waals surface area contributed by atoms with Crippen molar-refractivity contribution >= 4 is 17.6 Å². The van der Waals surface area contributed by atoms with Crippen molar-refractivity contribution in [3.63, 3.8) is 0 Å². The lowest BCUT2D eigenvalue weighted by Gasteiger charge is -2.22. The molecule has 0 N–H and O–H groups in total. The molecule has 0 aliphatic heterocycles. The molecule has 1 heterocycles. The van der Waals surface area contributed by atoms with Crippen molar-refractivity contribution in [3.8, 4) is 11.5 Å². The van der Waals surface area contributed by atoms with Crippen LogP contribution in [0, 0.1) is 0 Å². The summed E-state index contributed by atoms with van der Waals surface area (Å²) in [6.07, 6.45) is 1.50. The van der Waals surface area contributed by atoms with Crippen molar-refractivity contribution in [3.05, 3.63) is 42.4 Å². The van der Waals surface area contributed by atoms with Crippen molar-refractivity contribution in [2.75, 3.05) is 25.7 Å². The summed E-state index contributed by atoms with van der Waals surface area (Å²) in [5.74, 6) is -0.236. The van der Waals surface area contributed by atoms with Crippen molar-refractivity contribution in [1.82, 2.24) is 0 Å². The summed E-state index contributed by atoms with van der Waals surface area (Å²) >= 11 is 0. The molecule has 128 valence electrons. The van der Waals surface area contributed by atoms with Crippen molar-refractivity contribution < 1.29 is 28.2 Å². The van der Waals surface area contributed by atoms with Crippen LogP contribution in [0.4, 0.5) is 5.69 Å². The van der Waals surface area contributed by atoms with E-state index in [2.05, 4.69) is 0 Å². The van der Waals surface area contributed by atoms with Gasteiger partial charge in [-0.3, -0.25) is 9.69 Å². The maximum Gasteiger partial charge on any atom is 0.397 e. The highest BCUT2D eigenvalue weighted by molar-refractivity contribution is 6.38. The molecular weight excluding hydrogens is 314 g/mol. The number of carbonyl (C=O) groups excluding carboxylic acids is 2. The van der Waals surface area contributed by atoms with Gasteiger partial charge < -0.3 is 18.6 Å². The molecule has 0 saturated heterocycles. The predicted molar refractivity (Wildman–Crippen MR) is 86.1 cm³/mol. The van der Waals surface area contributed by atoms with Crippen LogP contribution in [0.5, 0.6) is 11.5 Å². The van der Waals surface area contributed by atoms with Crippen LogP contribution >= 0.6 is 0 Å². The van der Waals surface area contributed by atoms with Gasteiger partial charge in [0.2, 0.25) is 0 Å². The van der Waals surface area contributed by atoms with E-state index < -0.39 is 11.9 Å². The molecule has 2 rings (SSSR count). The minimum absolute atomic E-state index is 0.0835. The van der Waals surface area contributed by atoms with Crippen LogP contribution in [-0.4, -0.2) is 32.7 Å². The van der Waals surface area contributed by atoms with Gasteiger partial charge in [-0.2, -0.15) is 0 Å². The quantitative estimate of drug-likeness (QED) is 0.597. The third-order valence-corrected chi connectivity index (χ3v) is 3.27. The molecule has 7 nitrogen and oxygen atoms in total. The molecule has 0 unspecified atom stereocenters. The number of methoxy groups -OCH3 is 2. The maximum absolute atomic E-state index is 12.5. The number of ether oxygens (including phenoxy) is 3.